The van der Waals surface area contributed by atoms with Crippen LogP contribution in [0.25, 0.3) is 0 Å². The minimum Gasteiger partial charge on any atom is -0.479 e. The van der Waals surface area contributed by atoms with Gasteiger partial charge in [-0.2, -0.15) is 0 Å². The predicted octanol–water partition coefficient (Wildman–Crippen LogP) is 5.08. The third-order valence-corrected chi connectivity index (χ3v) is 28.9. The molecule has 0 aromatic rings. The van der Waals surface area contributed by atoms with Gasteiger partial charge in [-0.3, -0.25) is 19.2 Å². The number of aliphatic hydroxyl groups is 11. The Balaban J connectivity index is 0.000000796. The molecule has 8 aliphatic rings. The molecule has 0 spiro atoms. The highest BCUT2D eigenvalue weighted by molar-refractivity contribution is 9.09. The van der Waals surface area contributed by atoms with Crippen LogP contribution >= 0.6 is 31.9 Å². The van der Waals surface area contributed by atoms with Crippen molar-refractivity contribution in [3.05, 3.63) is 0 Å². The van der Waals surface area contributed by atoms with Gasteiger partial charge in [0.1, 0.15) is 90.4 Å². The Hall–Kier alpha value is -4.81. The largest absolute Gasteiger partial charge is 0.479 e. The van der Waals surface area contributed by atoms with Crippen molar-refractivity contribution in [1.29, 1.82) is 0 Å². The lowest BCUT2D eigenvalue weighted by atomic mass is 9.79. The maximum atomic E-state index is 12.5. The number of ether oxygens (including phenoxy) is 21. The molecule has 0 saturated carbocycles. The van der Waals surface area contributed by atoms with Gasteiger partial charge < -0.3 is 166 Å². The highest BCUT2D eigenvalue weighted by atomic mass is 79.9. The van der Waals surface area contributed by atoms with Crippen LogP contribution in [0, 0.1) is 88.8 Å². The quantitative estimate of drug-likeness (QED) is 0.0253. The number of carbonyl (C=O) groups is 9. The molecule has 45 heteroatoms. The molecule has 810 valence electrons. The first kappa shape index (κ1) is 131. The molecule has 43 nitrogen and oxygen atoms in total. The Morgan fingerprint density at radius 2 is 0.783 bits per heavy atom. The average Bonchev–Trinajstić information content (AvgIpc) is 0.756. The summed E-state index contributed by atoms with van der Waals surface area (Å²) in [7, 11) is 4.04. The van der Waals surface area contributed by atoms with Crippen LogP contribution in [-0.2, 0) is 143 Å². The number of rotatable bonds is 30. The van der Waals surface area contributed by atoms with Crippen LogP contribution in [0.1, 0.15) is 199 Å². The summed E-state index contributed by atoms with van der Waals surface area (Å²) in [5.41, 5.74) is 0. The molecule has 8 aliphatic heterocycles. The Morgan fingerprint density at radius 3 is 1.20 bits per heavy atom. The summed E-state index contributed by atoms with van der Waals surface area (Å²) >= 11 is 6.94. The van der Waals surface area contributed by atoms with Gasteiger partial charge >= 0.3 is 53.7 Å². The van der Waals surface area contributed by atoms with Crippen LogP contribution in [-0.4, -0.2) is 370 Å². The van der Waals surface area contributed by atoms with Gasteiger partial charge in [0.2, 0.25) is 0 Å². The number of hydrogen-bond acceptors (Lipinski definition) is 41. The molecule has 138 heavy (non-hydrogen) atoms. The number of hydrogen-bond donors (Lipinski definition) is 13. The number of aliphatic hydroxyl groups excluding tert-OH is 11. The molecule has 8 rings (SSSR count). The molecule has 13 N–H and O–H groups in total. The minimum absolute atomic E-state index is 0.00212. The van der Waals surface area contributed by atoms with Crippen molar-refractivity contribution in [3.63, 3.8) is 0 Å². The number of carbonyl (C=O) groups excluding carboxylic acids is 7. The Morgan fingerprint density at radius 1 is 0.391 bits per heavy atom. The Labute approximate surface area is 828 Å². The molecule has 8 saturated heterocycles. The molecule has 0 aliphatic carbocycles. The molecule has 0 amide bonds. The number of carboxylic acids is 2. The fourth-order valence-electron chi connectivity index (χ4n) is 16.5. The molecule has 42 atom stereocenters. The lowest BCUT2D eigenvalue weighted by Gasteiger charge is -2.47. The summed E-state index contributed by atoms with van der Waals surface area (Å²) in [6.45, 7) is 50.3. The average molecular weight is 2130 g/mol. The van der Waals surface area contributed by atoms with Crippen molar-refractivity contribution in [1.82, 2.24) is 0 Å². The zero-order chi connectivity index (χ0) is 106. The van der Waals surface area contributed by atoms with E-state index in [2.05, 4.69) is 101 Å². The third-order valence-electron chi connectivity index (χ3n) is 26.8. The summed E-state index contributed by atoms with van der Waals surface area (Å²) in [4.78, 5) is 102. The van der Waals surface area contributed by atoms with Crippen molar-refractivity contribution in [2.75, 3.05) is 87.4 Å². The van der Waals surface area contributed by atoms with Crippen LogP contribution in [0.4, 0.5) is 0 Å². The molecule has 8 fully saturated rings. The van der Waals surface area contributed by atoms with Crippen molar-refractivity contribution in [3.8, 4) is 0 Å². The van der Waals surface area contributed by atoms with E-state index in [4.69, 9.17) is 115 Å². The topological polar surface area (TPSA) is 610 Å². The Bertz CT molecular complexity index is 3520. The lowest BCUT2D eigenvalue weighted by Crippen LogP contribution is -2.61. The van der Waals surface area contributed by atoms with Crippen LogP contribution in [0.15, 0.2) is 0 Å². The van der Waals surface area contributed by atoms with Crippen molar-refractivity contribution in [2.45, 2.75) is 362 Å². The van der Waals surface area contributed by atoms with Crippen molar-refractivity contribution in [2.24, 2.45) is 88.8 Å². The zero-order valence-electron chi connectivity index (χ0n) is 85.6. The first-order valence-electron chi connectivity index (χ1n) is 47.4. The second kappa shape index (κ2) is 64.2. The van der Waals surface area contributed by atoms with Gasteiger partial charge in [0.15, 0.2) is 49.6 Å². The number of carboxylic acid groups (broad SMARTS) is 2. The lowest BCUT2D eigenvalue weighted by molar-refractivity contribution is -0.316. The number of halogens is 2. The van der Waals surface area contributed by atoms with E-state index in [-0.39, 0.29) is 115 Å². The highest BCUT2D eigenvalue weighted by Gasteiger charge is 2.58. The molecule has 0 radical (unpaired) electrons. The third kappa shape index (κ3) is 38.2. The van der Waals surface area contributed by atoms with Crippen LogP contribution in [0.2, 0.25) is 0 Å². The van der Waals surface area contributed by atoms with E-state index in [1.807, 2.05) is 48.5 Å². The second-order valence-corrected chi connectivity index (χ2v) is 37.8. The molecule has 14 unspecified atom stereocenters. The molecule has 0 aromatic carbocycles. The first-order valence-corrected chi connectivity index (χ1v) is 49.2. The van der Waals surface area contributed by atoms with Crippen molar-refractivity contribution >= 4 is 85.6 Å². The SMILES string of the molecule is CC(=O)OCC1O[C@H](Br)C(C)[C@@H](C)[C@H]1C.CCO[C@@H]1OC(C(=O)O)[C@@H](O)[C@H](O)C1O.CCO[C@@H]1OC(C(=O)OC)[C@@H](C)[C@H](C)C1C.CCO[C@@H]1OC(CO)[C@H](O)[C@H](O)C1O.CCO[C@@H]1OC(COC(C)=O)[C@H](C)[C@H](C)C1C.CCO[C@]1(C(=O)O)C[C@@H](O)[C@@H](C)C([C@H](O)[C@H](O)CO)O1.CCO[C@]1(C(=O)OC)C[C@@H](C)[C@@H](C)C([C@H](OC(C)=O)[C@@H](CC)OC(C)=O)O1.COC(=O)C1O[C@H](Br)C(C)[C@@H](C)[C@@H]1C. The van der Waals surface area contributed by atoms with Gasteiger partial charge in [-0.25, -0.2) is 24.0 Å². The number of alkyl halides is 2. The van der Waals surface area contributed by atoms with E-state index in [0.29, 0.717) is 99.1 Å². The molecule has 0 aromatic heterocycles. The number of esters is 7. The molecule has 8 heterocycles. The maximum Gasteiger partial charge on any atom is 0.366 e. The van der Waals surface area contributed by atoms with Gasteiger partial charge in [-0.1, -0.05) is 143 Å². The maximum absolute atomic E-state index is 12.5. The highest BCUT2D eigenvalue weighted by Crippen LogP contribution is 2.45. The standard InChI is InChI=1S/C19H32O8.C13H24O4.C12H22O8.C12H22O4.C11H19BrO3.C10H17BrO3.C8H14O7.C8H16O6/c1-8-15(25-13(5)20)17(26-14(6)21)16-12(4)11(3)10-19(27-16,24-9-2)18(22)23-7;1-6-15-13-10(4)8(2)9(3)12(17-13)7-16-11(5)14;1-3-19-12(11(17)18)4-7(14)6(2)10(20-12)9(16)8(15)5-13;1-6-15-12-9(4)7(2)8(3)10(16-12)11(13)14-5;1-6-7(2)10(5-14-9(4)13)15-11(12)8(6)3;1-5-6(2)8(10(12)13-4)14-9(11)7(5)3;1-2-14-8-5(11)3(9)4(10)6(15-8)7(12)13;1-2-13-8-7(12)6(11)5(10)4(3-9)14-8/h11-12,15-17H,8-10H2,1-7H3;8-10,12-13H,6-7H2,1-5H3;6-10,13-16H,3-5H2,1-2H3,(H,17,18);7-10,12H,6H2,1-5H3;6-8,10-11H,5H2,1-4H3;5-9H,1-4H3;3-6,8-11H,2H2,1H3,(H,12,13);4-12H,2-3H2,1H3/t11-,12-,15-,16?,17-,19-;8-,9+,10?,12?,13+;6-,7-,8-,9-,10?,12-;7-,8-,9?,10?,12+;6-,7+,8?,10?,11-;5-,6-,7?,8?,9-;3-,4-,5?,6?,8+;4?,5-,6-,7?,8+/m10100000/s1. The van der Waals surface area contributed by atoms with E-state index in [0.717, 1.165) is 0 Å². The van der Waals surface area contributed by atoms with Crippen LogP contribution < -0.4 is 0 Å². The predicted molar refractivity (Wildman–Crippen MR) is 496 cm³/mol. The van der Waals surface area contributed by atoms with Crippen LogP contribution in [0.5, 0.6) is 0 Å². The number of methoxy groups -OCH3 is 3. The van der Waals surface area contributed by atoms with E-state index >= 15 is 0 Å². The summed E-state index contributed by atoms with van der Waals surface area (Å²) < 4.78 is 111. The molecule has 0 bridgehead atoms. The van der Waals surface area contributed by atoms with Gasteiger partial charge in [0.05, 0.1) is 59.0 Å². The summed E-state index contributed by atoms with van der Waals surface area (Å²) in [5, 5.41) is 121. The van der Waals surface area contributed by atoms with Gasteiger partial charge in [-0.05, 0) is 119 Å². The van der Waals surface area contributed by atoms with Crippen molar-refractivity contribution < 1.29 is 209 Å². The van der Waals surface area contributed by atoms with E-state index in [1.165, 1.54) is 49.0 Å². The summed E-state index contributed by atoms with van der Waals surface area (Å²) in [5.74, 6) is -5.44. The molecular formula is C93H166Br2O43. The number of aliphatic carboxylic acids is 2. The monoisotopic (exact) mass is 2130 g/mol. The van der Waals surface area contributed by atoms with E-state index < -0.39 is 177 Å². The normalized spacial score (nSPS) is 38.4. The van der Waals surface area contributed by atoms with Gasteiger partial charge in [-0.15, -0.1) is 0 Å². The summed E-state index contributed by atoms with van der Waals surface area (Å²) in [6.07, 6.45) is -22.1. The fraction of sp³-hybridized carbons (Fsp3) is 0.903. The smallest absolute Gasteiger partial charge is 0.366 e. The zero-order valence-corrected chi connectivity index (χ0v) is 88.8. The van der Waals surface area contributed by atoms with Crippen LogP contribution in [0.3, 0.4) is 0 Å². The first-order chi connectivity index (χ1) is 64.4. The van der Waals surface area contributed by atoms with Gasteiger partial charge in [0, 0.05) is 97.9 Å². The molecular weight excluding hydrogens is 1960 g/mol. The minimum atomic E-state index is -2.07. The fourth-order valence-corrected chi connectivity index (χ4v) is 18.0. The van der Waals surface area contributed by atoms with E-state index in [1.54, 1.807) is 34.6 Å². The van der Waals surface area contributed by atoms with E-state index in [9.17, 15) is 94.2 Å². The van der Waals surface area contributed by atoms with Gasteiger partial charge in [0.25, 0.3) is 11.6 Å². The second-order valence-electron chi connectivity index (χ2n) is 36.0. The Kier molecular flexibility index (Phi) is 61.1. The summed E-state index contributed by atoms with van der Waals surface area (Å²) in [6, 6.07) is 0.